The van der Waals surface area contributed by atoms with Gasteiger partial charge in [-0.2, -0.15) is 8.42 Å². The van der Waals surface area contributed by atoms with Gasteiger partial charge < -0.3 is 0 Å². The molecule has 1 heterocycles. The third kappa shape index (κ3) is 3.54. The Kier molecular flexibility index (Phi) is 4.89. The number of rotatable bonds is 6. The molecule has 0 N–H and O–H groups in total. The van der Waals surface area contributed by atoms with E-state index in [2.05, 4.69) is 11.9 Å². The predicted octanol–water partition coefficient (Wildman–Crippen LogP) is 2.66. The Bertz CT molecular complexity index is 437. The van der Waals surface area contributed by atoms with E-state index in [9.17, 15) is 8.42 Å². The van der Waals surface area contributed by atoms with Crippen LogP contribution in [0.25, 0.3) is 0 Å². The van der Waals surface area contributed by atoms with Gasteiger partial charge in [0.2, 0.25) is 0 Å². The van der Waals surface area contributed by atoms with E-state index in [-0.39, 0.29) is 11.6 Å². The van der Waals surface area contributed by atoms with E-state index in [4.69, 9.17) is 4.18 Å². The largest absolute Gasteiger partial charge is 0.315 e. The highest BCUT2D eigenvalue weighted by molar-refractivity contribution is 7.86. The monoisotopic (exact) mass is 263 g/mol. The van der Waals surface area contributed by atoms with E-state index >= 15 is 0 Å². The molecule has 0 bridgehead atoms. The van der Waals surface area contributed by atoms with Gasteiger partial charge >= 0.3 is 10.1 Å². The van der Waals surface area contributed by atoms with Crippen LogP contribution in [0, 0.1) is 13.8 Å². The fraction of sp³-hybridized carbons (Fsp3) is 0.700. The molecule has 1 aromatic heterocycles. The molecule has 0 atom stereocenters. The number of unbranched alkanes of at least 4 members (excludes halogenated alkanes) is 2. The van der Waals surface area contributed by atoms with Crippen molar-refractivity contribution in [2.45, 2.75) is 45.1 Å². The van der Waals surface area contributed by atoms with Gasteiger partial charge in [0, 0.05) is 4.88 Å². The third-order valence-electron chi connectivity index (χ3n) is 2.08. The van der Waals surface area contributed by atoms with Gasteiger partial charge in [0.1, 0.15) is 0 Å². The number of aromatic nitrogens is 1. The van der Waals surface area contributed by atoms with Gasteiger partial charge in [-0.1, -0.05) is 19.8 Å². The van der Waals surface area contributed by atoms with E-state index in [1.165, 1.54) is 11.3 Å². The quantitative estimate of drug-likeness (QED) is 0.585. The van der Waals surface area contributed by atoms with Crippen molar-refractivity contribution in [3.05, 3.63) is 9.88 Å². The molecular formula is C10H17NO3S2. The zero-order valence-electron chi connectivity index (χ0n) is 9.82. The smallest absolute Gasteiger partial charge is 0.265 e. The van der Waals surface area contributed by atoms with Crippen molar-refractivity contribution in [3.8, 4) is 0 Å². The second-order valence-electron chi connectivity index (χ2n) is 3.58. The third-order valence-corrected chi connectivity index (χ3v) is 4.45. The molecule has 0 spiro atoms. The first-order valence-corrected chi connectivity index (χ1v) is 7.53. The minimum absolute atomic E-state index is 0.0755. The summed E-state index contributed by atoms with van der Waals surface area (Å²) < 4.78 is 28.4. The van der Waals surface area contributed by atoms with Gasteiger partial charge in [0.15, 0.2) is 5.03 Å². The lowest BCUT2D eigenvalue weighted by Gasteiger charge is -2.03. The van der Waals surface area contributed by atoms with E-state index in [0.29, 0.717) is 4.88 Å². The first-order chi connectivity index (χ1) is 7.47. The van der Waals surface area contributed by atoms with Crippen LogP contribution in [0.3, 0.4) is 0 Å². The Morgan fingerprint density at radius 3 is 2.50 bits per heavy atom. The lowest BCUT2D eigenvalue weighted by Crippen LogP contribution is -2.09. The van der Waals surface area contributed by atoms with Gasteiger partial charge in [0.05, 0.1) is 11.6 Å². The van der Waals surface area contributed by atoms with Crippen LogP contribution in [-0.4, -0.2) is 20.0 Å². The number of hydrogen-bond donors (Lipinski definition) is 0. The summed E-state index contributed by atoms with van der Waals surface area (Å²) in [6.07, 6.45) is 2.78. The van der Waals surface area contributed by atoms with Crippen molar-refractivity contribution in [1.82, 2.24) is 4.98 Å². The van der Waals surface area contributed by atoms with Crippen molar-refractivity contribution in [1.29, 1.82) is 0 Å². The first kappa shape index (κ1) is 13.6. The zero-order valence-corrected chi connectivity index (χ0v) is 11.4. The van der Waals surface area contributed by atoms with Crippen molar-refractivity contribution >= 4 is 21.5 Å². The second-order valence-corrected chi connectivity index (χ2v) is 6.52. The summed E-state index contributed by atoms with van der Waals surface area (Å²) in [5, 5.41) is 0.819. The SMILES string of the molecule is CCCCCOS(=O)(=O)c1nc(C)sc1C. The van der Waals surface area contributed by atoms with E-state index < -0.39 is 10.1 Å². The number of nitrogens with zero attached hydrogens (tertiary/aromatic N) is 1. The molecule has 0 radical (unpaired) electrons. The van der Waals surface area contributed by atoms with E-state index in [0.717, 1.165) is 24.3 Å². The first-order valence-electron chi connectivity index (χ1n) is 5.31. The molecule has 16 heavy (non-hydrogen) atoms. The Hall–Kier alpha value is -0.460. The van der Waals surface area contributed by atoms with Crippen LogP contribution in [0.5, 0.6) is 0 Å². The number of hydrogen-bond acceptors (Lipinski definition) is 5. The molecular weight excluding hydrogens is 246 g/mol. The van der Waals surface area contributed by atoms with Crippen LogP contribution in [0.15, 0.2) is 5.03 Å². The number of thiazole rings is 1. The van der Waals surface area contributed by atoms with E-state index in [1.54, 1.807) is 13.8 Å². The fourth-order valence-corrected chi connectivity index (χ4v) is 3.57. The minimum Gasteiger partial charge on any atom is -0.265 e. The second kappa shape index (κ2) is 5.75. The molecule has 0 unspecified atom stereocenters. The summed E-state index contributed by atoms with van der Waals surface area (Å²) in [5.74, 6) is 0. The highest BCUT2D eigenvalue weighted by atomic mass is 32.2. The molecule has 0 aliphatic heterocycles. The van der Waals surface area contributed by atoms with Crippen LogP contribution in [-0.2, 0) is 14.3 Å². The summed E-state index contributed by atoms with van der Waals surface area (Å²) in [6, 6.07) is 0. The average Bonchev–Trinajstić information content (AvgIpc) is 2.53. The maximum Gasteiger partial charge on any atom is 0.315 e. The van der Waals surface area contributed by atoms with Crippen LogP contribution in [0.1, 0.15) is 36.1 Å². The van der Waals surface area contributed by atoms with Crippen molar-refractivity contribution < 1.29 is 12.6 Å². The molecule has 0 saturated heterocycles. The fourth-order valence-electron chi connectivity index (χ4n) is 1.32. The Labute approximate surface area is 101 Å². The van der Waals surface area contributed by atoms with Crippen LogP contribution >= 0.6 is 11.3 Å². The Morgan fingerprint density at radius 2 is 2.00 bits per heavy atom. The predicted molar refractivity (Wildman–Crippen MR) is 64.3 cm³/mol. The van der Waals surface area contributed by atoms with Gasteiger partial charge in [-0.15, -0.1) is 11.3 Å². The van der Waals surface area contributed by atoms with Gasteiger partial charge in [-0.3, -0.25) is 4.18 Å². The maximum absolute atomic E-state index is 11.8. The highest BCUT2D eigenvalue weighted by Gasteiger charge is 2.21. The van der Waals surface area contributed by atoms with E-state index in [1.807, 2.05) is 0 Å². The van der Waals surface area contributed by atoms with Crippen LogP contribution in [0.2, 0.25) is 0 Å². The average molecular weight is 263 g/mol. The molecule has 0 amide bonds. The van der Waals surface area contributed by atoms with Crippen LogP contribution < -0.4 is 0 Å². The lowest BCUT2D eigenvalue weighted by molar-refractivity contribution is 0.306. The molecule has 0 aromatic carbocycles. The zero-order chi connectivity index (χ0) is 12.2. The normalized spacial score (nSPS) is 11.9. The minimum atomic E-state index is -3.65. The molecule has 1 aromatic rings. The van der Waals surface area contributed by atoms with Crippen molar-refractivity contribution in [2.24, 2.45) is 0 Å². The summed E-state index contributed by atoms with van der Waals surface area (Å²) >= 11 is 1.37. The van der Waals surface area contributed by atoms with Crippen molar-refractivity contribution in [3.63, 3.8) is 0 Å². The lowest BCUT2D eigenvalue weighted by atomic mass is 10.3. The van der Waals surface area contributed by atoms with Crippen LogP contribution in [0.4, 0.5) is 0 Å². The number of aryl methyl sites for hydroxylation is 2. The standard InChI is InChI=1S/C10H17NO3S2/c1-4-5-6-7-14-16(12,13)10-8(2)15-9(3)11-10/h4-7H2,1-3H3. The molecule has 92 valence electrons. The highest BCUT2D eigenvalue weighted by Crippen LogP contribution is 2.22. The maximum atomic E-state index is 11.8. The molecule has 0 fully saturated rings. The molecule has 4 nitrogen and oxygen atoms in total. The Balaban J connectivity index is 2.67. The molecule has 0 aliphatic rings. The molecule has 1 rings (SSSR count). The van der Waals surface area contributed by atoms with Crippen molar-refractivity contribution in [2.75, 3.05) is 6.61 Å². The summed E-state index contributed by atoms with van der Waals surface area (Å²) in [6.45, 7) is 5.83. The summed E-state index contributed by atoms with van der Waals surface area (Å²) in [4.78, 5) is 4.67. The van der Waals surface area contributed by atoms with Gasteiger partial charge in [-0.05, 0) is 20.3 Å². The summed E-state index contributed by atoms with van der Waals surface area (Å²) in [5.41, 5.74) is 0. The van der Waals surface area contributed by atoms with Gasteiger partial charge in [-0.25, -0.2) is 4.98 Å². The topological polar surface area (TPSA) is 56.3 Å². The molecule has 0 saturated carbocycles. The van der Waals surface area contributed by atoms with Gasteiger partial charge in [0.25, 0.3) is 0 Å². The Morgan fingerprint density at radius 1 is 1.31 bits per heavy atom. The molecule has 6 heteroatoms. The summed E-state index contributed by atoms with van der Waals surface area (Å²) in [7, 11) is -3.65. The molecule has 0 aliphatic carbocycles.